The van der Waals surface area contributed by atoms with E-state index in [1.165, 1.54) is 25.7 Å². The maximum atomic E-state index is 6.57. The van der Waals surface area contributed by atoms with Crippen molar-refractivity contribution in [3.05, 3.63) is 152 Å². The average molecular weight is 672 g/mol. The lowest BCUT2D eigenvalue weighted by Crippen LogP contribution is -2.00. The van der Waals surface area contributed by atoms with E-state index in [2.05, 4.69) is 91.0 Å². The van der Waals surface area contributed by atoms with Crippen LogP contribution in [0.5, 0.6) is 0 Å². The molecular weight excluding hydrogens is 647 g/mol. The molecule has 5 nitrogen and oxygen atoms in total. The summed E-state index contributed by atoms with van der Waals surface area (Å²) in [5.41, 5.74) is 8.26. The van der Waals surface area contributed by atoms with E-state index in [1.807, 2.05) is 72.0 Å². The van der Waals surface area contributed by atoms with Crippen molar-refractivity contribution >= 4 is 75.4 Å². The summed E-state index contributed by atoms with van der Waals surface area (Å²) in [6, 6.07) is 52.1. The molecular formula is C45H25N3O2S. The number of furan rings is 2. The molecule has 4 heterocycles. The van der Waals surface area contributed by atoms with Crippen molar-refractivity contribution < 1.29 is 8.83 Å². The first-order valence-electron chi connectivity index (χ1n) is 16.8. The van der Waals surface area contributed by atoms with Crippen molar-refractivity contribution in [1.29, 1.82) is 0 Å². The summed E-state index contributed by atoms with van der Waals surface area (Å²) in [6.45, 7) is 0. The molecule has 0 fully saturated rings. The van der Waals surface area contributed by atoms with Crippen LogP contribution >= 0.6 is 11.3 Å². The van der Waals surface area contributed by atoms with E-state index in [0.717, 1.165) is 66.1 Å². The Bertz CT molecular complexity index is 3160. The van der Waals surface area contributed by atoms with Crippen molar-refractivity contribution in [3.8, 4) is 45.3 Å². The zero-order valence-corrected chi connectivity index (χ0v) is 27.8. The number of fused-ring (bicyclic) bond motifs is 9. The third kappa shape index (κ3) is 4.43. The van der Waals surface area contributed by atoms with Crippen molar-refractivity contribution in [3.63, 3.8) is 0 Å². The molecule has 0 saturated carbocycles. The van der Waals surface area contributed by atoms with Gasteiger partial charge in [-0.15, -0.1) is 11.3 Å². The number of benzene rings is 7. The zero-order valence-electron chi connectivity index (χ0n) is 27.0. The van der Waals surface area contributed by atoms with E-state index >= 15 is 0 Å². The molecule has 0 radical (unpaired) electrons. The van der Waals surface area contributed by atoms with Gasteiger partial charge >= 0.3 is 0 Å². The van der Waals surface area contributed by atoms with Gasteiger partial charge in [-0.05, 0) is 48.0 Å². The summed E-state index contributed by atoms with van der Waals surface area (Å²) in [5.74, 6) is 1.74. The third-order valence-corrected chi connectivity index (χ3v) is 11.0. The Labute approximate surface area is 295 Å². The fourth-order valence-electron chi connectivity index (χ4n) is 7.36. The number of hydrogen-bond donors (Lipinski definition) is 0. The van der Waals surface area contributed by atoms with Gasteiger partial charge in [0.1, 0.15) is 22.3 Å². The van der Waals surface area contributed by atoms with E-state index in [9.17, 15) is 0 Å². The predicted octanol–water partition coefficient (Wildman–Crippen LogP) is 12.7. The topological polar surface area (TPSA) is 65.0 Å². The van der Waals surface area contributed by atoms with Crippen molar-refractivity contribution in [1.82, 2.24) is 15.0 Å². The van der Waals surface area contributed by atoms with Gasteiger partial charge < -0.3 is 8.83 Å². The van der Waals surface area contributed by atoms with Crippen LogP contribution in [0.3, 0.4) is 0 Å². The van der Waals surface area contributed by atoms with E-state index in [4.69, 9.17) is 23.8 Å². The largest absolute Gasteiger partial charge is 0.456 e. The van der Waals surface area contributed by atoms with Gasteiger partial charge in [0.25, 0.3) is 0 Å². The predicted molar refractivity (Wildman–Crippen MR) is 209 cm³/mol. The van der Waals surface area contributed by atoms with Crippen LogP contribution in [0.1, 0.15) is 0 Å². The Balaban J connectivity index is 1.08. The molecule has 51 heavy (non-hydrogen) atoms. The molecule has 0 saturated heterocycles. The van der Waals surface area contributed by atoms with Crippen LogP contribution in [0.2, 0.25) is 0 Å². The molecule has 4 aromatic heterocycles. The first kappa shape index (κ1) is 28.2. The molecule has 0 aliphatic heterocycles. The van der Waals surface area contributed by atoms with Gasteiger partial charge in [0.05, 0.1) is 0 Å². The maximum absolute atomic E-state index is 6.57. The van der Waals surface area contributed by atoms with Crippen LogP contribution in [0, 0.1) is 0 Å². The summed E-state index contributed by atoms with van der Waals surface area (Å²) in [4.78, 5) is 15.0. The highest BCUT2D eigenvalue weighted by Crippen LogP contribution is 2.44. The first-order valence-corrected chi connectivity index (χ1v) is 17.7. The van der Waals surface area contributed by atoms with Crippen LogP contribution < -0.4 is 0 Å². The molecule has 0 aliphatic carbocycles. The lowest BCUT2D eigenvalue weighted by Gasteiger charge is -2.09. The second-order valence-corrected chi connectivity index (χ2v) is 13.8. The maximum Gasteiger partial charge on any atom is 0.164 e. The lowest BCUT2D eigenvalue weighted by molar-refractivity contribution is 0.668. The Hall–Kier alpha value is -6.63. The number of aromatic nitrogens is 3. The quantitative estimate of drug-likeness (QED) is 0.186. The molecule has 6 heteroatoms. The fraction of sp³-hybridized carbons (Fsp3) is 0. The summed E-state index contributed by atoms with van der Waals surface area (Å²) >= 11 is 1.84. The van der Waals surface area contributed by atoms with Crippen LogP contribution in [0.15, 0.2) is 160 Å². The lowest BCUT2D eigenvalue weighted by atomic mass is 9.97. The second kappa shape index (κ2) is 10.9. The average Bonchev–Trinajstić information content (AvgIpc) is 3.88. The van der Waals surface area contributed by atoms with E-state index < -0.39 is 0 Å². The minimum Gasteiger partial charge on any atom is -0.456 e. The van der Waals surface area contributed by atoms with Gasteiger partial charge in [0, 0.05) is 64.0 Å². The molecule has 7 aromatic carbocycles. The van der Waals surface area contributed by atoms with Crippen LogP contribution in [0.25, 0.3) is 109 Å². The summed E-state index contributed by atoms with van der Waals surface area (Å²) < 4.78 is 15.4. The molecule has 0 bridgehead atoms. The normalized spacial score (nSPS) is 11.9. The van der Waals surface area contributed by atoms with Gasteiger partial charge in [-0.25, -0.2) is 15.0 Å². The highest BCUT2D eigenvalue weighted by Gasteiger charge is 2.19. The molecule has 0 amide bonds. The Morgan fingerprint density at radius 1 is 0.373 bits per heavy atom. The minimum absolute atomic E-state index is 0.571. The number of hydrogen-bond acceptors (Lipinski definition) is 6. The third-order valence-electron chi connectivity index (χ3n) is 9.75. The molecule has 0 aliphatic rings. The monoisotopic (exact) mass is 671 g/mol. The molecule has 0 unspecified atom stereocenters. The minimum atomic E-state index is 0.571. The molecule has 0 spiro atoms. The van der Waals surface area contributed by atoms with Gasteiger partial charge in [-0.1, -0.05) is 109 Å². The standard InChI is InChI=1S/C45H25N3O2S/c1-2-10-26(11-3-1)43-46-44(27-20-22-30-29-12-4-6-17-36(29)49-38(30)24-27)48-45(47-43)28-21-23-35-39(25-28)50-37-18-9-14-32(41(35)37)34-16-8-15-33-31-13-5-7-19-40(31)51-42(33)34/h1-25H. The summed E-state index contributed by atoms with van der Waals surface area (Å²) in [5, 5.41) is 6.87. The Morgan fingerprint density at radius 2 is 0.941 bits per heavy atom. The van der Waals surface area contributed by atoms with Crippen molar-refractivity contribution in [2.24, 2.45) is 0 Å². The smallest absolute Gasteiger partial charge is 0.164 e. The Kier molecular flexibility index (Phi) is 6.05. The second-order valence-electron chi connectivity index (χ2n) is 12.8. The molecule has 11 aromatic rings. The number of para-hydroxylation sites is 1. The van der Waals surface area contributed by atoms with Gasteiger partial charge in [0.2, 0.25) is 0 Å². The zero-order chi connectivity index (χ0) is 33.5. The SMILES string of the molecule is c1ccc(-c2nc(-c3ccc4c(c3)oc3ccccc34)nc(-c3ccc4c(c3)oc3cccc(-c5cccc6c5sc5ccccc56)c34)n2)cc1. The van der Waals surface area contributed by atoms with E-state index in [1.54, 1.807) is 0 Å². The van der Waals surface area contributed by atoms with Gasteiger partial charge in [-0.3, -0.25) is 0 Å². The van der Waals surface area contributed by atoms with E-state index in [-0.39, 0.29) is 0 Å². The Morgan fingerprint density at radius 3 is 1.76 bits per heavy atom. The number of thiophene rings is 1. The molecule has 238 valence electrons. The first-order chi connectivity index (χ1) is 25.2. The van der Waals surface area contributed by atoms with Crippen LogP contribution in [-0.2, 0) is 0 Å². The van der Waals surface area contributed by atoms with Gasteiger partial charge in [0.15, 0.2) is 17.5 Å². The summed E-state index contributed by atoms with van der Waals surface area (Å²) in [6.07, 6.45) is 0. The highest BCUT2D eigenvalue weighted by molar-refractivity contribution is 7.26. The number of rotatable bonds is 4. The molecule has 0 N–H and O–H groups in total. The van der Waals surface area contributed by atoms with E-state index in [0.29, 0.717) is 17.5 Å². The fourth-order valence-corrected chi connectivity index (χ4v) is 8.59. The van der Waals surface area contributed by atoms with Crippen molar-refractivity contribution in [2.75, 3.05) is 0 Å². The van der Waals surface area contributed by atoms with Crippen LogP contribution in [0.4, 0.5) is 0 Å². The highest BCUT2D eigenvalue weighted by atomic mass is 32.1. The van der Waals surface area contributed by atoms with Crippen molar-refractivity contribution in [2.45, 2.75) is 0 Å². The summed E-state index contributed by atoms with van der Waals surface area (Å²) in [7, 11) is 0. The van der Waals surface area contributed by atoms with Gasteiger partial charge in [-0.2, -0.15) is 0 Å². The molecule has 11 rings (SSSR count). The van der Waals surface area contributed by atoms with Crippen LogP contribution in [-0.4, -0.2) is 15.0 Å². The molecule has 0 atom stereocenters. The number of nitrogens with zero attached hydrogens (tertiary/aromatic N) is 3.